The molecule has 1 unspecified atom stereocenters. The van der Waals surface area contributed by atoms with Gasteiger partial charge in [0.2, 0.25) is 0 Å². The van der Waals surface area contributed by atoms with Crippen LogP contribution in [0.25, 0.3) is 0 Å². The van der Waals surface area contributed by atoms with Gasteiger partial charge < -0.3 is 0 Å². The fraction of sp³-hybridized carbons (Fsp3) is 0.250. The Kier molecular flexibility index (Phi) is 5.00. The van der Waals surface area contributed by atoms with Crippen molar-refractivity contribution in [2.24, 2.45) is 0 Å². The highest BCUT2D eigenvalue weighted by Crippen LogP contribution is 2.22. The topological polar surface area (TPSA) is 89.3 Å². The van der Waals surface area contributed by atoms with Gasteiger partial charge in [0.1, 0.15) is 0 Å². The first-order chi connectivity index (χ1) is 10.8. The summed E-state index contributed by atoms with van der Waals surface area (Å²) in [4.78, 5) is 10.2. The molecule has 6 nitrogen and oxygen atoms in total. The number of nitro groups is 1. The maximum Gasteiger partial charge on any atom is 0.269 e. The van der Waals surface area contributed by atoms with Crippen LogP contribution in [0.2, 0.25) is 0 Å². The first-order valence-corrected chi connectivity index (χ1v) is 8.69. The normalized spacial score (nSPS) is 12.6. The third-order valence-corrected chi connectivity index (χ3v) is 5.10. The molecule has 122 valence electrons. The molecule has 23 heavy (non-hydrogen) atoms. The summed E-state index contributed by atoms with van der Waals surface area (Å²) < 4.78 is 27.1. The molecule has 0 amide bonds. The fourth-order valence-corrected chi connectivity index (χ4v) is 3.14. The Hall–Kier alpha value is -2.41. The molecule has 7 heteroatoms. The number of nitrogens with one attached hydrogen (secondary N) is 1. The smallest absolute Gasteiger partial charge is 0.269 e. The van der Waals surface area contributed by atoms with Crippen molar-refractivity contribution in [1.29, 1.82) is 0 Å². The number of hydrogen-bond acceptors (Lipinski definition) is 4. The first kappa shape index (κ1) is 17.0. The summed E-state index contributed by atoms with van der Waals surface area (Å²) in [7, 11) is -3.72. The van der Waals surface area contributed by atoms with Gasteiger partial charge in [0.05, 0.1) is 9.82 Å². The van der Waals surface area contributed by atoms with Crippen LogP contribution in [0.5, 0.6) is 0 Å². The van der Waals surface area contributed by atoms with E-state index >= 15 is 0 Å². The number of nitro benzene ring substituents is 1. The summed E-state index contributed by atoms with van der Waals surface area (Å²) >= 11 is 0. The predicted molar refractivity (Wildman–Crippen MR) is 89.1 cm³/mol. The van der Waals surface area contributed by atoms with Gasteiger partial charge in [-0.3, -0.25) is 14.8 Å². The second-order valence-corrected chi connectivity index (χ2v) is 6.97. The number of benzene rings is 2. The number of non-ortho nitro benzene ring substituents is 1. The zero-order valence-corrected chi connectivity index (χ0v) is 13.7. The highest BCUT2D eigenvalue weighted by Gasteiger charge is 2.15. The average molecular weight is 334 g/mol. The molecule has 0 saturated carbocycles. The molecule has 2 aromatic carbocycles. The summed E-state index contributed by atoms with van der Waals surface area (Å²) in [5.41, 5.74) is 1.27. The zero-order valence-electron chi connectivity index (χ0n) is 12.9. The third-order valence-electron chi connectivity index (χ3n) is 3.70. The van der Waals surface area contributed by atoms with Crippen LogP contribution in [0.4, 0.5) is 11.4 Å². The molecule has 0 bridgehead atoms. The van der Waals surface area contributed by atoms with Gasteiger partial charge in [-0.25, -0.2) is 8.42 Å². The maximum atomic E-state index is 12.3. The first-order valence-electron chi connectivity index (χ1n) is 7.20. The summed E-state index contributed by atoms with van der Waals surface area (Å²) in [5, 5.41) is 10.6. The molecule has 0 heterocycles. The molecule has 0 radical (unpaired) electrons. The van der Waals surface area contributed by atoms with E-state index in [0.29, 0.717) is 5.92 Å². The van der Waals surface area contributed by atoms with E-state index < -0.39 is 14.9 Å². The number of rotatable bonds is 6. The highest BCUT2D eigenvalue weighted by molar-refractivity contribution is 7.92. The van der Waals surface area contributed by atoms with E-state index in [2.05, 4.69) is 18.6 Å². The monoisotopic (exact) mass is 334 g/mol. The fourth-order valence-electron chi connectivity index (χ4n) is 2.08. The molecular weight excluding hydrogens is 316 g/mol. The lowest BCUT2D eigenvalue weighted by molar-refractivity contribution is -0.384. The Morgan fingerprint density at radius 3 is 2.13 bits per heavy atom. The van der Waals surface area contributed by atoms with Gasteiger partial charge in [-0.2, -0.15) is 0 Å². The van der Waals surface area contributed by atoms with Crippen molar-refractivity contribution in [2.75, 3.05) is 4.72 Å². The van der Waals surface area contributed by atoms with E-state index in [4.69, 9.17) is 0 Å². The summed E-state index contributed by atoms with van der Waals surface area (Å²) in [6.45, 7) is 4.16. The van der Waals surface area contributed by atoms with E-state index in [1.165, 1.54) is 24.3 Å². The van der Waals surface area contributed by atoms with E-state index in [1.54, 1.807) is 24.3 Å². The maximum absolute atomic E-state index is 12.3. The van der Waals surface area contributed by atoms with Crippen LogP contribution in [-0.4, -0.2) is 13.3 Å². The summed E-state index contributed by atoms with van der Waals surface area (Å²) in [6.07, 6.45) is 0.979. The Morgan fingerprint density at radius 2 is 1.65 bits per heavy atom. The largest absolute Gasteiger partial charge is 0.280 e. The van der Waals surface area contributed by atoms with Crippen LogP contribution < -0.4 is 4.72 Å². The molecular formula is C16H18N2O4S. The van der Waals surface area contributed by atoms with E-state index in [0.717, 1.165) is 12.0 Å². The summed E-state index contributed by atoms with van der Waals surface area (Å²) in [5.74, 6) is 0.370. The summed E-state index contributed by atoms with van der Waals surface area (Å²) in [6, 6.07) is 12.0. The molecule has 2 rings (SSSR count). The van der Waals surface area contributed by atoms with Crippen LogP contribution in [0.15, 0.2) is 53.4 Å². The number of anilines is 1. The third kappa shape index (κ3) is 4.07. The Bertz CT molecular complexity index is 784. The van der Waals surface area contributed by atoms with Gasteiger partial charge in [0.25, 0.3) is 15.7 Å². The Morgan fingerprint density at radius 1 is 1.09 bits per heavy atom. The number of sulfonamides is 1. The van der Waals surface area contributed by atoms with Crippen molar-refractivity contribution in [3.8, 4) is 0 Å². The minimum absolute atomic E-state index is 0.0918. The van der Waals surface area contributed by atoms with Crippen LogP contribution in [0.1, 0.15) is 31.7 Å². The molecule has 0 aliphatic heterocycles. The van der Waals surface area contributed by atoms with Gasteiger partial charge in [-0.05, 0) is 42.2 Å². The lowest BCUT2D eigenvalue weighted by Crippen LogP contribution is -2.13. The number of nitrogens with zero attached hydrogens (tertiary/aromatic N) is 1. The second-order valence-electron chi connectivity index (χ2n) is 5.29. The molecule has 1 N–H and O–H groups in total. The zero-order chi connectivity index (χ0) is 17.0. The molecule has 0 aliphatic rings. The standard InChI is InChI=1S/C16H18N2O4S/c1-3-12(2)13-4-10-16(11-5-13)23(21,22)17-14-6-8-15(9-7-14)18(19)20/h4-12,17H,3H2,1-2H3. The molecule has 0 aromatic heterocycles. The molecule has 1 atom stereocenters. The van der Waals surface area contributed by atoms with Crippen LogP contribution in [0.3, 0.4) is 0 Å². The van der Waals surface area contributed by atoms with E-state index in [-0.39, 0.29) is 16.3 Å². The second kappa shape index (κ2) is 6.78. The van der Waals surface area contributed by atoms with Gasteiger partial charge in [-0.1, -0.05) is 26.0 Å². The number of hydrogen-bond donors (Lipinski definition) is 1. The quantitative estimate of drug-likeness (QED) is 0.640. The Balaban J connectivity index is 2.19. The lowest BCUT2D eigenvalue weighted by atomic mass is 9.99. The SMILES string of the molecule is CCC(C)c1ccc(S(=O)(=O)Nc2ccc([N+](=O)[O-])cc2)cc1. The van der Waals surface area contributed by atoms with Gasteiger partial charge in [-0.15, -0.1) is 0 Å². The van der Waals surface area contributed by atoms with Crippen LogP contribution >= 0.6 is 0 Å². The molecule has 0 saturated heterocycles. The van der Waals surface area contributed by atoms with Gasteiger partial charge in [0, 0.05) is 17.8 Å². The van der Waals surface area contributed by atoms with Crippen molar-refractivity contribution < 1.29 is 13.3 Å². The lowest BCUT2D eigenvalue weighted by Gasteiger charge is -2.11. The minimum Gasteiger partial charge on any atom is -0.280 e. The average Bonchev–Trinajstić information content (AvgIpc) is 2.54. The molecule has 0 aliphatic carbocycles. The molecule has 0 spiro atoms. The van der Waals surface area contributed by atoms with Gasteiger partial charge in [0.15, 0.2) is 0 Å². The van der Waals surface area contributed by atoms with E-state index in [1.807, 2.05) is 0 Å². The van der Waals surface area contributed by atoms with Crippen molar-refractivity contribution in [3.05, 3.63) is 64.2 Å². The van der Waals surface area contributed by atoms with Crippen molar-refractivity contribution in [2.45, 2.75) is 31.1 Å². The van der Waals surface area contributed by atoms with Gasteiger partial charge >= 0.3 is 0 Å². The van der Waals surface area contributed by atoms with Crippen LogP contribution in [0, 0.1) is 10.1 Å². The predicted octanol–water partition coefficient (Wildman–Crippen LogP) is 3.91. The molecule has 2 aromatic rings. The van der Waals surface area contributed by atoms with Crippen molar-refractivity contribution in [3.63, 3.8) is 0 Å². The van der Waals surface area contributed by atoms with Crippen LogP contribution in [-0.2, 0) is 10.0 Å². The highest BCUT2D eigenvalue weighted by atomic mass is 32.2. The van der Waals surface area contributed by atoms with Crippen molar-refractivity contribution >= 4 is 21.4 Å². The Labute approximate surface area is 135 Å². The van der Waals surface area contributed by atoms with Crippen molar-refractivity contribution in [1.82, 2.24) is 0 Å². The van der Waals surface area contributed by atoms with E-state index in [9.17, 15) is 18.5 Å². The minimum atomic E-state index is -3.72. The molecule has 0 fully saturated rings.